The third-order valence-corrected chi connectivity index (χ3v) is 2.96. The Balaban J connectivity index is 2.93. The summed E-state index contributed by atoms with van der Waals surface area (Å²) in [5.74, 6) is -0.372. The van der Waals surface area contributed by atoms with Crippen molar-refractivity contribution in [1.29, 1.82) is 0 Å². The van der Waals surface area contributed by atoms with Gasteiger partial charge in [-0.05, 0) is 19.1 Å². The lowest BCUT2D eigenvalue weighted by atomic mass is 10.1. The van der Waals surface area contributed by atoms with Gasteiger partial charge in [0.1, 0.15) is 0 Å². The van der Waals surface area contributed by atoms with Gasteiger partial charge in [0.2, 0.25) is 0 Å². The van der Waals surface area contributed by atoms with Gasteiger partial charge in [-0.1, -0.05) is 34.8 Å². The molecule has 82 valence electrons. The normalized spacial score (nSPS) is 10.1. The predicted molar refractivity (Wildman–Crippen MR) is 61.8 cm³/mol. The Bertz CT molecular complexity index is 377. The summed E-state index contributed by atoms with van der Waals surface area (Å²) < 4.78 is 4.80. The zero-order chi connectivity index (χ0) is 11.4. The zero-order valence-electron chi connectivity index (χ0n) is 8.02. The van der Waals surface area contributed by atoms with Gasteiger partial charge in [0.25, 0.3) is 0 Å². The summed E-state index contributed by atoms with van der Waals surface area (Å²) in [6.45, 7) is 2.06. The van der Waals surface area contributed by atoms with Crippen LogP contribution in [-0.4, -0.2) is 12.6 Å². The fourth-order valence-corrected chi connectivity index (χ4v) is 1.77. The van der Waals surface area contributed by atoms with Crippen LogP contribution in [0.4, 0.5) is 0 Å². The average Bonchev–Trinajstić information content (AvgIpc) is 2.19. The van der Waals surface area contributed by atoms with Crippen LogP contribution in [0.1, 0.15) is 12.5 Å². The number of halogens is 3. The molecule has 0 aromatic heterocycles. The van der Waals surface area contributed by atoms with E-state index in [1.807, 2.05) is 0 Å². The predicted octanol–water partition coefficient (Wildman–Crippen LogP) is 3.75. The molecule has 0 fully saturated rings. The van der Waals surface area contributed by atoms with Gasteiger partial charge in [0.15, 0.2) is 0 Å². The molecule has 0 spiro atoms. The summed E-state index contributed by atoms with van der Waals surface area (Å²) in [5.41, 5.74) is 0.504. The van der Waals surface area contributed by atoms with Crippen LogP contribution >= 0.6 is 34.8 Å². The molecule has 0 atom stereocenters. The van der Waals surface area contributed by atoms with E-state index in [4.69, 9.17) is 39.5 Å². The minimum Gasteiger partial charge on any atom is -0.466 e. The lowest BCUT2D eigenvalue weighted by Crippen LogP contribution is -2.08. The SMILES string of the molecule is CCOC(=O)Cc1c(Cl)ccc(Cl)c1Cl. The number of carbonyl (C=O) groups excluding carboxylic acids is 1. The first-order chi connectivity index (χ1) is 7.06. The molecule has 1 rings (SSSR count). The molecule has 0 saturated carbocycles. The molecule has 0 unspecified atom stereocenters. The largest absolute Gasteiger partial charge is 0.466 e. The number of benzene rings is 1. The molecule has 0 aliphatic carbocycles. The summed E-state index contributed by atoms with van der Waals surface area (Å²) in [6.07, 6.45) is 0.0338. The molecule has 0 heterocycles. The van der Waals surface area contributed by atoms with Crippen molar-refractivity contribution in [3.63, 3.8) is 0 Å². The molecule has 0 N–H and O–H groups in total. The smallest absolute Gasteiger partial charge is 0.310 e. The van der Waals surface area contributed by atoms with Crippen LogP contribution in [-0.2, 0) is 16.0 Å². The van der Waals surface area contributed by atoms with Crippen LogP contribution in [0.3, 0.4) is 0 Å². The van der Waals surface area contributed by atoms with Gasteiger partial charge in [-0.15, -0.1) is 0 Å². The second kappa shape index (κ2) is 5.59. The van der Waals surface area contributed by atoms with Gasteiger partial charge in [0.05, 0.1) is 23.1 Å². The standard InChI is InChI=1S/C10H9Cl3O2/c1-2-15-9(14)5-6-7(11)3-4-8(12)10(6)13/h3-4H,2,5H2,1H3. The van der Waals surface area contributed by atoms with Crippen molar-refractivity contribution in [1.82, 2.24) is 0 Å². The lowest BCUT2D eigenvalue weighted by Gasteiger charge is -2.07. The molecule has 1 aromatic carbocycles. The molecule has 0 aliphatic rings. The van der Waals surface area contributed by atoms with Crippen molar-refractivity contribution in [3.8, 4) is 0 Å². The van der Waals surface area contributed by atoms with Gasteiger partial charge in [0, 0.05) is 10.6 Å². The molecule has 0 aliphatic heterocycles. The Morgan fingerprint density at radius 2 is 1.87 bits per heavy atom. The highest BCUT2D eigenvalue weighted by Crippen LogP contribution is 2.31. The minimum absolute atomic E-state index is 0.0338. The Hall–Kier alpha value is -0.440. The second-order valence-electron chi connectivity index (χ2n) is 2.80. The van der Waals surface area contributed by atoms with E-state index in [1.165, 1.54) is 0 Å². The Morgan fingerprint density at radius 1 is 1.27 bits per heavy atom. The lowest BCUT2D eigenvalue weighted by molar-refractivity contribution is -0.142. The Kier molecular flexibility index (Phi) is 4.71. The average molecular weight is 268 g/mol. The Morgan fingerprint density at radius 3 is 2.47 bits per heavy atom. The monoisotopic (exact) mass is 266 g/mol. The van der Waals surface area contributed by atoms with Crippen LogP contribution in [0.15, 0.2) is 12.1 Å². The minimum atomic E-state index is -0.372. The molecule has 0 bridgehead atoms. The van der Waals surface area contributed by atoms with Crippen LogP contribution < -0.4 is 0 Å². The fourth-order valence-electron chi connectivity index (χ4n) is 1.09. The molecule has 5 heteroatoms. The molecular formula is C10H9Cl3O2. The van der Waals surface area contributed by atoms with Gasteiger partial charge < -0.3 is 4.74 Å². The van der Waals surface area contributed by atoms with Crippen molar-refractivity contribution in [2.45, 2.75) is 13.3 Å². The number of esters is 1. The van der Waals surface area contributed by atoms with E-state index in [0.717, 1.165) is 0 Å². The molecule has 1 aromatic rings. The molecule has 0 amide bonds. The summed E-state index contributed by atoms with van der Waals surface area (Å²) in [6, 6.07) is 3.19. The summed E-state index contributed by atoms with van der Waals surface area (Å²) in [5, 5.41) is 1.09. The van der Waals surface area contributed by atoms with Gasteiger partial charge in [-0.25, -0.2) is 0 Å². The topological polar surface area (TPSA) is 26.3 Å². The molecule has 2 nitrogen and oxygen atoms in total. The van der Waals surface area contributed by atoms with E-state index in [2.05, 4.69) is 0 Å². The van der Waals surface area contributed by atoms with E-state index in [-0.39, 0.29) is 12.4 Å². The van der Waals surface area contributed by atoms with E-state index < -0.39 is 0 Å². The maximum atomic E-state index is 11.2. The maximum Gasteiger partial charge on any atom is 0.310 e. The molecule has 15 heavy (non-hydrogen) atoms. The maximum absolute atomic E-state index is 11.2. The summed E-state index contributed by atoms with van der Waals surface area (Å²) >= 11 is 17.6. The van der Waals surface area contributed by atoms with E-state index >= 15 is 0 Å². The highest BCUT2D eigenvalue weighted by atomic mass is 35.5. The number of ether oxygens (including phenoxy) is 1. The van der Waals surface area contributed by atoms with Gasteiger partial charge >= 0.3 is 5.97 Å². The van der Waals surface area contributed by atoms with Crippen LogP contribution in [0.2, 0.25) is 15.1 Å². The van der Waals surface area contributed by atoms with Gasteiger partial charge in [-0.3, -0.25) is 4.79 Å². The first kappa shape index (κ1) is 12.6. The first-order valence-electron chi connectivity index (χ1n) is 4.34. The highest BCUT2D eigenvalue weighted by Gasteiger charge is 2.13. The van der Waals surface area contributed by atoms with E-state index in [9.17, 15) is 4.79 Å². The van der Waals surface area contributed by atoms with Crippen molar-refractivity contribution in [2.75, 3.05) is 6.61 Å². The summed E-state index contributed by atoms with van der Waals surface area (Å²) in [4.78, 5) is 11.2. The zero-order valence-corrected chi connectivity index (χ0v) is 10.3. The number of rotatable bonds is 3. The first-order valence-corrected chi connectivity index (χ1v) is 5.47. The quantitative estimate of drug-likeness (QED) is 0.616. The molecular weight excluding hydrogens is 258 g/mol. The third-order valence-electron chi connectivity index (χ3n) is 1.77. The fraction of sp³-hybridized carbons (Fsp3) is 0.300. The van der Waals surface area contributed by atoms with Crippen LogP contribution in [0, 0.1) is 0 Å². The number of carbonyl (C=O) groups is 1. The second-order valence-corrected chi connectivity index (χ2v) is 4.00. The number of hydrogen-bond acceptors (Lipinski definition) is 2. The van der Waals surface area contributed by atoms with E-state index in [0.29, 0.717) is 27.2 Å². The van der Waals surface area contributed by atoms with Crippen LogP contribution in [0.5, 0.6) is 0 Å². The van der Waals surface area contributed by atoms with Gasteiger partial charge in [-0.2, -0.15) is 0 Å². The Labute approximate surface area is 103 Å². The van der Waals surface area contributed by atoms with Crippen molar-refractivity contribution >= 4 is 40.8 Å². The third kappa shape index (κ3) is 3.26. The number of hydrogen-bond donors (Lipinski definition) is 0. The van der Waals surface area contributed by atoms with Crippen molar-refractivity contribution in [2.24, 2.45) is 0 Å². The van der Waals surface area contributed by atoms with E-state index in [1.54, 1.807) is 19.1 Å². The van der Waals surface area contributed by atoms with Crippen LogP contribution in [0.25, 0.3) is 0 Å². The molecule has 0 saturated heterocycles. The molecule has 0 radical (unpaired) electrons. The van der Waals surface area contributed by atoms with Crippen molar-refractivity contribution in [3.05, 3.63) is 32.8 Å². The van der Waals surface area contributed by atoms with Crippen molar-refractivity contribution < 1.29 is 9.53 Å². The highest BCUT2D eigenvalue weighted by molar-refractivity contribution is 6.44. The summed E-state index contributed by atoms with van der Waals surface area (Å²) in [7, 11) is 0.